The number of nitrogen functional groups attached to an aromatic ring is 1. The Hall–Kier alpha value is -2.10. The zero-order valence-electron chi connectivity index (χ0n) is 9.71. The number of nitrogens with two attached hydrogens (primary N) is 1. The maximum absolute atomic E-state index is 9.08. The average Bonchev–Trinajstić information content (AvgIpc) is 2.46. The summed E-state index contributed by atoms with van der Waals surface area (Å²) in [5.41, 5.74) is 3.69. The first-order valence-electron chi connectivity index (χ1n) is 5.18. The first-order valence-corrected chi connectivity index (χ1v) is 6.40. The second-order valence-electron chi connectivity index (χ2n) is 3.40. The third-order valence-electron chi connectivity index (χ3n) is 2.35. The van der Waals surface area contributed by atoms with E-state index in [1.54, 1.807) is 0 Å². The Morgan fingerprint density at radius 3 is 2.56 bits per heavy atom. The summed E-state index contributed by atoms with van der Waals surface area (Å²) in [6.07, 6.45) is 1.86. The summed E-state index contributed by atoms with van der Waals surface area (Å²) >= 11 is 1.39. The molecule has 0 spiro atoms. The van der Waals surface area contributed by atoms with Crippen LogP contribution in [-0.4, -0.2) is 16.2 Å². The third kappa shape index (κ3) is 2.27. The normalized spacial score (nSPS) is 9.83. The Bertz CT molecular complexity index is 566. The zero-order chi connectivity index (χ0) is 13.0. The van der Waals surface area contributed by atoms with E-state index in [9.17, 15) is 0 Å². The number of benzene rings is 1. The van der Waals surface area contributed by atoms with Gasteiger partial charge in [0.25, 0.3) is 0 Å². The highest BCUT2D eigenvalue weighted by Crippen LogP contribution is 2.26. The molecule has 0 amide bonds. The van der Waals surface area contributed by atoms with Gasteiger partial charge in [0.2, 0.25) is 0 Å². The smallest absolute Gasteiger partial charge is 0.163 e. The fraction of sp³-hybridized carbons (Fsp3) is 0.0833. The summed E-state index contributed by atoms with van der Waals surface area (Å²) in [5.74, 6) is 6.29. The minimum absolute atomic E-state index is 0.343. The fourth-order valence-electron chi connectivity index (χ4n) is 1.51. The largest absolute Gasteiger partial charge is 0.307 e. The van der Waals surface area contributed by atoms with Crippen LogP contribution in [0.3, 0.4) is 0 Å². The molecule has 0 unspecified atom stereocenters. The number of hydrazine groups is 1. The first-order chi connectivity index (χ1) is 8.80. The lowest BCUT2D eigenvalue weighted by Crippen LogP contribution is -2.12. The lowest BCUT2D eigenvalue weighted by molar-refractivity contribution is 1.03. The summed E-state index contributed by atoms with van der Waals surface area (Å²) in [6, 6.07) is 11.6. The average molecular weight is 257 g/mol. The second-order valence-corrected chi connectivity index (χ2v) is 4.20. The van der Waals surface area contributed by atoms with Gasteiger partial charge in [0.15, 0.2) is 11.6 Å². The van der Waals surface area contributed by atoms with E-state index in [1.165, 1.54) is 11.8 Å². The molecule has 0 aliphatic rings. The van der Waals surface area contributed by atoms with Crippen molar-refractivity contribution in [3.63, 3.8) is 0 Å². The molecule has 0 bridgehead atoms. The molecule has 0 saturated heterocycles. The van der Waals surface area contributed by atoms with E-state index in [0.717, 1.165) is 5.56 Å². The molecular formula is C12H11N5S. The first kappa shape index (κ1) is 12.4. The van der Waals surface area contributed by atoms with Crippen molar-refractivity contribution in [3.8, 4) is 17.5 Å². The third-order valence-corrected chi connectivity index (χ3v) is 3.03. The number of rotatable bonds is 3. The van der Waals surface area contributed by atoms with Gasteiger partial charge in [-0.25, -0.2) is 15.8 Å². The molecule has 1 aromatic carbocycles. The predicted octanol–water partition coefficient (Wildman–Crippen LogP) is 2.02. The van der Waals surface area contributed by atoms with Crippen molar-refractivity contribution in [2.75, 3.05) is 11.7 Å². The molecule has 0 aliphatic heterocycles. The standard InChI is InChI=1S/C12H11N5S/c1-18-12-9(7-13)11(17-14)15-10(16-12)8-5-3-2-4-6-8/h2-6H,14H2,1H3,(H,15,16,17). The van der Waals surface area contributed by atoms with Crippen molar-refractivity contribution in [3.05, 3.63) is 35.9 Å². The van der Waals surface area contributed by atoms with Gasteiger partial charge in [-0.1, -0.05) is 30.3 Å². The van der Waals surface area contributed by atoms with Crippen molar-refractivity contribution >= 4 is 17.6 Å². The van der Waals surface area contributed by atoms with Gasteiger partial charge in [0, 0.05) is 5.56 Å². The van der Waals surface area contributed by atoms with E-state index in [2.05, 4.69) is 21.5 Å². The number of thioether (sulfide) groups is 1. The highest BCUT2D eigenvalue weighted by atomic mass is 32.2. The van der Waals surface area contributed by atoms with Crippen LogP contribution in [-0.2, 0) is 0 Å². The number of aromatic nitrogens is 2. The van der Waals surface area contributed by atoms with Crippen LogP contribution in [0.4, 0.5) is 5.82 Å². The molecule has 6 heteroatoms. The molecular weight excluding hydrogens is 246 g/mol. The van der Waals surface area contributed by atoms with Gasteiger partial charge in [-0.15, -0.1) is 11.8 Å². The lowest BCUT2D eigenvalue weighted by atomic mass is 10.2. The van der Waals surface area contributed by atoms with Gasteiger partial charge in [-0.05, 0) is 6.26 Å². The summed E-state index contributed by atoms with van der Waals surface area (Å²) in [5, 5.41) is 9.69. The molecule has 18 heavy (non-hydrogen) atoms. The number of nitrogens with zero attached hydrogens (tertiary/aromatic N) is 3. The van der Waals surface area contributed by atoms with Gasteiger partial charge in [-0.2, -0.15) is 5.26 Å². The highest BCUT2D eigenvalue weighted by Gasteiger charge is 2.13. The number of anilines is 1. The van der Waals surface area contributed by atoms with Crippen LogP contribution in [0.15, 0.2) is 35.4 Å². The van der Waals surface area contributed by atoms with Crippen LogP contribution in [0.25, 0.3) is 11.4 Å². The van der Waals surface area contributed by atoms with Crippen LogP contribution in [0.2, 0.25) is 0 Å². The van der Waals surface area contributed by atoms with Gasteiger partial charge in [0.05, 0.1) is 0 Å². The van der Waals surface area contributed by atoms with Crippen LogP contribution in [0, 0.1) is 11.3 Å². The monoisotopic (exact) mass is 257 g/mol. The van der Waals surface area contributed by atoms with Crippen molar-refractivity contribution in [2.45, 2.75) is 5.03 Å². The molecule has 0 radical (unpaired) electrons. The van der Waals surface area contributed by atoms with Crippen LogP contribution < -0.4 is 11.3 Å². The van der Waals surface area contributed by atoms with Crippen molar-refractivity contribution in [1.29, 1.82) is 5.26 Å². The van der Waals surface area contributed by atoms with E-state index >= 15 is 0 Å². The van der Waals surface area contributed by atoms with Crippen LogP contribution in [0.1, 0.15) is 5.56 Å². The molecule has 90 valence electrons. The number of nitrogens with one attached hydrogen (secondary N) is 1. The predicted molar refractivity (Wildman–Crippen MR) is 71.8 cm³/mol. The van der Waals surface area contributed by atoms with Gasteiger partial charge >= 0.3 is 0 Å². The number of nitriles is 1. The molecule has 0 aliphatic carbocycles. The summed E-state index contributed by atoms with van der Waals surface area (Å²) in [4.78, 5) is 8.63. The molecule has 0 saturated carbocycles. The Labute approximate surface area is 109 Å². The quantitative estimate of drug-likeness (QED) is 0.378. The molecule has 5 nitrogen and oxygen atoms in total. The fourth-order valence-corrected chi connectivity index (χ4v) is 2.03. The topological polar surface area (TPSA) is 87.6 Å². The maximum atomic E-state index is 9.08. The minimum Gasteiger partial charge on any atom is -0.307 e. The van der Waals surface area contributed by atoms with Gasteiger partial charge < -0.3 is 5.43 Å². The van der Waals surface area contributed by atoms with E-state index in [4.69, 9.17) is 11.1 Å². The van der Waals surface area contributed by atoms with Gasteiger partial charge in [-0.3, -0.25) is 0 Å². The van der Waals surface area contributed by atoms with Gasteiger partial charge in [0.1, 0.15) is 16.7 Å². The SMILES string of the molecule is CSc1nc(-c2ccccc2)nc(NN)c1C#N. The van der Waals surface area contributed by atoms with E-state index in [0.29, 0.717) is 22.2 Å². The summed E-state index contributed by atoms with van der Waals surface area (Å²) in [6.45, 7) is 0. The Morgan fingerprint density at radius 2 is 2.00 bits per heavy atom. The van der Waals surface area contributed by atoms with Crippen molar-refractivity contribution in [2.24, 2.45) is 5.84 Å². The summed E-state index contributed by atoms with van der Waals surface area (Å²) < 4.78 is 0. The number of hydrogen-bond donors (Lipinski definition) is 2. The van der Waals surface area contributed by atoms with E-state index in [1.807, 2.05) is 36.6 Å². The second kappa shape index (κ2) is 5.49. The van der Waals surface area contributed by atoms with Crippen LogP contribution in [0.5, 0.6) is 0 Å². The molecule has 0 atom stereocenters. The Balaban J connectivity index is 2.62. The Morgan fingerprint density at radius 1 is 1.28 bits per heavy atom. The highest BCUT2D eigenvalue weighted by molar-refractivity contribution is 7.98. The molecule has 1 heterocycles. The Kier molecular flexibility index (Phi) is 3.77. The van der Waals surface area contributed by atoms with Crippen molar-refractivity contribution in [1.82, 2.24) is 9.97 Å². The molecule has 2 aromatic rings. The molecule has 2 rings (SSSR count). The van der Waals surface area contributed by atoms with Crippen LogP contribution >= 0.6 is 11.8 Å². The molecule has 0 fully saturated rings. The summed E-state index contributed by atoms with van der Waals surface area (Å²) in [7, 11) is 0. The lowest BCUT2D eigenvalue weighted by Gasteiger charge is -2.08. The number of hydrogen-bond acceptors (Lipinski definition) is 6. The van der Waals surface area contributed by atoms with Crippen molar-refractivity contribution < 1.29 is 0 Å². The minimum atomic E-state index is 0.343. The maximum Gasteiger partial charge on any atom is 0.163 e. The molecule has 3 N–H and O–H groups in total. The zero-order valence-corrected chi connectivity index (χ0v) is 10.5. The molecule has 1 aromatic heterocycles. The van der Waals surface area contributed by atoms with E-state index < -0.39 is 0 Å². The van der Waals surface area contributed by atoms with E-state index in [-0.39, 0.29) is 0 Å².